The molecule has 0 aliphatic carbocycles. The Morgan fingerprint density at radius 3 is 2.03 bits per heavy atom. The fourth-order valence-corrected chi connectivity index (χ4v) is 3.85. The Balaban J connectivity index is 1.40. The molecule has 0 unspecified atom stereocenters. The summed E-state index contributed by atoms with van der Waals surface area (Å²) in [5, 5.41) is 10.9. The van der Waals surface area contributed by atoms with E-state index in [4.69, 9.17) is 9.15 Å². The average molecular weight is 421 g/mol. The standard InChI is InChI=1S/C28H24N2O2/c1-3-18-31-23-15-13-21(14-16-23)20-9-11-22(12-10-20)27-29-30-28(32-27)26-17-8-19(2)24-6-4-5-7-25(24)26/h4-17H,3,18H2,1-2H3. The maximum atomic E-state index is 6.06. The Morgan fingerprint density at radius 1 is 0.688 bits per heavy atom. The predicted octanol–water partition coefficient (Wildman–Crippen LogP) is 7.32. The Morgan fingerprint density at radius 2 is 1.31 bits per heavy atom. The van der Waals surface area contributed by atoms with E-state index < -0.39 is 0 Å². The van der Waals surface area contributed by atoms with Gasteiger partial charge in [0.15, 0.2) is 0 Å². The van der Waals surface area contributed by atoms with Crippen LogP contribution in [0.5, 0.6) is 5.75 Å². The van der Waals surface area contributed by atoms with Crippen molar-refractivity contribution in [1.29, 1.82) is 0 Å². The molecule has 0 atom stereocenters. The minimum Gasteiger partial charge on any atom is -0.494 e. The Labute approximate surface area is 187 Å². The molecular formula is C28H24N2O2. The molecule has 0 fully saturated rings. The molecule has 4 nitrogen and oxygen atoms in total. The number of ether oxygens (including phenoxy) is 1. The summed E-state index contributed by atoms with van der Waals surface area (Å²) in [7, 11) is 0. The molecule has 0 saturated carbocycles. The van der Waals surface area contributed by atoms with Crippen molar-refractivity contribution in [3.63, 3.8) is 0 Å². The van der Waals surface area contributed by atoms with Crippen LogP contribution in [-0.4, -0.2) is 16.8 Å². The lowest BCUT2D eigenvalue weighted by Crippen LogP contribution is -1.94. The number of benzene rings is 4. The molecule has 0 aliphatic heterocycles. The van der Waals surface area contributed by atoms with E-state index in [0.717, 1.165) is 46.4 Å². The summed E-state index contributed by atoms with van der Waals surface area (Å²) in [4.78, 5) is 0. The first-order chi connectivity index (χ1) is 15.7. The first kappa shape index (κ1) is 20.0. The van der Waals surface area contributed by atoms with Crippen LogP contribution in [0.3, 0.4) is 0 Å². The Kier molecular flexibility index (Phi) is 5.42. The number of hydrogen-bond acceptors (Lipinski definition) is 4. The van der Waals surface area contributed by atoms with Gasteiger partial charge in [-0.3, -0.25) is 0 Å². The van der Waals surface area contributed by atoms with Crippen molar-refractivity contribution < 1.29 is 9.15 Å². The van der Waals surface area contributed by atoms with Crippen LogP contribution >= 0.6 is 0 Å². The highest BCUT2D eigenvalue weighted by Gasteiger charge is 2.14. The summed E-state index contributed by atoms with van der Waals surface area (Å²) < 4.78 is 11.7. The van der Waals surface area contributed by atoms with Gasteiger partial charge in [-0.1, -0.05) is 61.5 Å². The first-order valence-electron chi connectivity index (χ1n) is 10.9. The fourth-order valence-electron chi connectivity index (χ4n) is 3.85. The quantitative estimate of drug-likeness (QED) is 0.289. The lowest BCUT2D eigenvalue weighted by molar-refractivity contribution is 0.317. The van der Waals surface area contributed by atoms with E-state index in [1.165, 1.54) is 10.9 Å². The third kappa shape index (κ3) is 3.87. The molecule has 4 heteroatoms. The lowest BCUT2D eigenvalue weighted by atomic mass is 10.0. The Hall–Kier alpha value is -3.92. The van der Waals surface area contributed by atoms with Gasteiger partial charge in [0.05, 0.1) is 6.61 Å². The third-order valence-electron chi connectivity index (χ3n) is 5.59. The van der Waals surface area contributed by atoms with Gasteiger partial charge in [0, 0.05) is 11.1 Å². The second-order valence-corrected chi connectivity index (χ2v) is 7.84. The summed E-state index contributed by atoms with van der Waals surface area (Å²) in [6, 6.07) is 28.8. The van der Waals surface area contributed by atoms with Crippen LogP contribution in [-0.2, 0) is 0 Å². The minimum atomic E-state index is 0.513. The second-order valence-electron chi connectivity index (χ2n) is 7.84. The average Bonchev–Trinajstić information content (AvgIpc) is 3.34. The van der Waals surface area contributed by atoms with Gasteiger partial charge in [0.25, 0.3) is 0 Å². The van der Waals surface area contributed by atoms with Crippen molar-refractivity contribution in [1.82, 2.24) is 10.2 Å². The smallest absolute Gasteiger partial charge is 0.248 e. The molecule has 5 aromatic rings. The van der Waals surface area contributed by atoms with Crippen LogP contribution in [0.1, 0.15) is 18.9 Å². The molecule has 158 valence electrons. The zero-order valence-corrected chi connectivity index (χ0v) is 18.2. The molecule has 0 bridgehead atoms. The lowest BCUT2D eigenvalue weighted by Gasteiger charge is -2.07. The number of hydrogen-bond donors (Lipinski definition) is 0. The highest BCUT2D eigenvalue weighted by atomic mass is 16.5. The normalized spacial score (nSPS) is 11.1. The summed E-state index contributed by atoms with van der Waals surface area (Å²) in [6.07, 6.45) is 1.00. The van der Waals surface area contributed by atoms with E-state index in [9.17, 15) is 0 Å². The molecule has 1 heterocycles. The molecule has 0 saturated heterocycles. The van der Waals surface area contributed by atoms with Crippen molar-refractivity contribution in [2.75, 3.05) is 6.61 Å². The van der Waals surface area contributed by atoms with Gasteiger partial charge in [-0.05, 0) is 71.1 Å². The zero-order chi connectivity index (χ0) is 21.9. The highest BCUT2D eigenvalue weighted by molar-refractivity contribution is 5.96. The summed E-state index contributed by atoms with van der Waals surface area (Å²) in [5.74, 6) is 1.94. The van der Waals surface area contributed by atoms with Crippen molar-refractivity contribution >= 4 is 10.8 Å². The van der Waals surface area contributed by atoms with Gasteiger partial charge in [-0.2, -0.15) is 0 Å². The van der Waals surface area contributed by atoms with Crippen LogP contribution in [0.25, 0.3) is 44.8 Å². The number of rotatable bonds is 6. The van der Waals surface area contributed by atoms with Gasteiger partial charge in [0.1, 0.15) is 5.75 Å². The maximum Gasteiger partial charge on any atom is 0.248 e. The van der Waals surface area contributed by atoms with E-state index in [-0.39, 0.29) is 0 Å². The van der Waals surface area contributed by atoms with Gasteiger partial charge >= 0.3 is 0 Å². The van der Waals surface area contributed by atoms with Crippen LogP contribution in [0.15, 0.2) is 89.3 Å². The largest absolute Gasteiger partial charge is 0.494 e. The second kappa shape index (κ2) is 8.67. The molecule has 32 heavy (non-hydrogen) atoms. The fraction of sp³-hybridized carbons (Fsp3) is 0.143. The molecule has 0 spiro atoms. The van der Waals surface area contributed by atoms with Crippen molar-refractivity contribution in [3.05, 3.63) is 90.5 Å². The van der Waals surface area contributed by atoms with Crippen LogP contribution in [0.4, 0.5) is 0 Å². The number of aryl methyl sites for hydroxylation is 1. The summed E-state index contributed by atoms with van der Waals surface area (Å²) in [6.45, 7) is 4.95. The minimum absolute atomic E-state index is 0.513. The van der Waals surface area contributed by atoms with Crippen LogP contribution in [0.2, 0.25) is 0 Å². The molecule has 1 aromatic heterocycles. The summed E-state index contributed by atoms with van der Waals surface area (Å²) >= 11 is 0. The third-order valence-corrected chi connectivity index (χ3v) is 5.59. The topological polar surface area (TPSA) is 48.2 Å². The molecule has 0 radical (unpaired) electrons. The van der Waals surface area contributed by atoms with E-state index in [2.05, 4.69) is 66.5 Å². The predicted molar refractivity (Wildman–Crippen MR) is 129 cm³/mol. The maximum absolute atomic E-state index is 6.06. The molecule has 0 amide bonds. The van der Waals surface area contributed by atoms with E-state index in [1.54, 1.807) is 0 Å². The number of fused-ring (bicyclic) bond motifs is 1. The SMILES string of the molecule is CCCOc1ccc(-c2ccc(-c3nnc(-c4ccc(C)c5ccccc45)o3)cc2)cc1. The van der Waals surface area contributed by atoms with Crippen molar-refractivity contribution in [2.45, 2.75) is 20.3 Å². The number of aromatic nitrogens is 2. The van der Waals surface area contributed by atoms with Gasteiger partial charge in [-0.25, -0.2) is 0 Å². The van der Waals surface area contributed by atoms with E-state index >= 15 is 0 Å². The van der Waals surface area contributed by atoms with Gasteiger partial charge in [0.2, 0.25) is 11.8 Å². The van der Waals surface area contributed by atoms with E-state index in [1.807, 2.05) is 42.5 Å². The van der Waals surface area contributed by atoms with Crippen LogP contribution in [0, 0.1) is 6.92 Å². The molecule has 0 aliphatic rings. The molecule has 5 rings (SSSR count). The van der Waals surface area contributed by atoms with Crippen molar-refractivity contribution in [2.24, 2.45) is 0 Å². The highest BCUT2D eigenvalue weighted by Crippen LogP contribution is 2.32. The van der Waals surface area contributed by atoms with Gasteiger partial charge < -0.3 is 9.15 Å². The monoisotopic (exact) mass is 420 g/mol. The molecular weight excluding hydrogens is 396 g/mol. The van der Waals surface area contributed by atoms with E-state index in [0.29, 0.717) is 11.8 Å². The molecule has 0 N–H and O–H groups in total. The molecule has 4 aromatic carbocycles. The zero-order valence-electron chi connectivity index (χ0n) is 18.2. The number of nitrogens with zero attached hydrogens (tertiary/aromatic N) is 2. The summed E-state index contributed by atoms with van der Waals surface area (Å²) in [5.41, 5.74) is 5.33. The van der Waals surface area contributed by atoms with Gasteiger partial charge in [-0.15, -0.1) is 10.2 Å². The first-order valence-corrected chi connectivity index (χ1v) is 10.9. The Bertz CT molecular complexity index is 1350. The van der Waals surface area contributed by atoms with Crippen LogP contribution < -0.4 is 4.74 Å². The van der Waals surface area contributed by atoms with Crippen molar-refractivity contribution in [3.8, 4) is 39.8 Å².